The molecule has 1 amide bonds. The molecule has 2 rings (SSSR count). The minimum atomic E-state index is -3.79. The summed E-state index contributed by atoms with van der Waals surface area (Å²) in [4.78, 5) is 11.9. The lowest BCUT2D eigenvalue weighted by Gasteiger charge is -2.06. The maximum atomic E-state index is 12.8. The normalized spacial score (nSPS) is 11.5. The van der Waals surface area contributed by atoms with E-state index >= 15 is 0 Å². The molecule has 0 saturated heterocycles. The number of nitriles is 1. The summed E-state index contributed by atoms with van der Waals surface area (Å²) in [6.07, 6.45) is 1.17. The van der Waals surface area contributed by atoms with Gasteiger partial charge in [0.1, 0.15) is 17.5 Å². The van der Waals surface area contributed by atoms with Crippen molar-refractivity contribution in [2.24, 2.45) is 5.14 Å². The Morgan fingerprint density at radius 1 is 1.08 bits per heavy atom. The first-order valence-electron chi connectivity index (χ1n) is 6.86. The highest BCUT2D eigenvalue weighted by molar-refractivity contribution is 7.89. The number of halogens is 1. The van der Waals surface area contributed by atoms with Gasteiger partial charge < -0.3 is 10.6 Å². The smallest absolute Gasteiger partial charge is 0.267 e. The molecule has 2 aromatic carbocycles. The Labute approximate surface area is 143 Å². The minimum Gasteiger partial charge on any atom is -0.360 e. The average Bonchev–Trinajstić information content (AvgIpc) is 2.57. The van der Waals surface area contributed by atoms with Gasteiger partial charge in [0.05, 0.1) is 4.90 Å². The van der Waals surface area contributed by atoms with Crippen LogP contribution in [0.15, 0.2) is 65.2 Å². The Kier molecular flexibility index (Phi) is 5.49. The lowest BCUT2D eigenvalue weighted by Crippen LogP contribution is -2.14. The molecule has 0 radical (unpaired) electrons. The molecule has 25 heavy (non-hydrogen) atoms. The van der Waals surface area contributed by atoms with Crippen molar-refractivity contribution < 1.29 is 17.6 Å². The quantitative estimate of drug-likeness (QED) is 0.555. The van der Waals surface area contributed by atoms with E-state index in [1.807, 2.05) is 0 Å². The number of carbonyl (C=O) groups is 1. The van der Waals surface area contributed by atoms with Crippen LogP contribution in [0.1, 0.15) is 0 Å². The summed E-state index contributed by atoms with van der Waals surface area (Å²) in [5.41, 5.74) is 0.569. The molecular weight excluding hydrogens is 347 g/mol. The third-order valence-corrected chi connectivity index (χ3v) is 3.96. The summed E-state index contributed by atoms with van der Waals surface area (Å²) in [6, 6.07) is 12.3. The molecule has 0 atom stereocenters. The van der Waals surface area contributed by atoms with Gasteiger partial charge >= 0.3 is 0 Å². The van der Waals surface area contributed by atoms with E-state index in [9.17, 15) is 17.6 Å². The highest BCUT2D eigenvalue weighted by atomic mass is 32.2. The first-order chi connectivity index (χ1) is 11.8. The molecule has 0 fully saturated rings. The zero-order valence-electron chi connectivity index (χ0n) is 12.7. The number of rotatable bonds is 5. The maximum Gasteiger partial charge on any atom is 0.267 e. The fourth-order valence-electron chi connectivity index (χ4n) is 1.78. The number of sulfonamides is 1. The van der Waals surface area contributed by atoms with Crippen molar-refractivity contribution in [3.8, 4) is 6.07 Å². The minimum absolute atomic E-state index is 0.0587. The van der Waals surface area contributed by atoms with Crippen molar-refractivity contribution in [1.29, 1.82) is 5.26 Å². The predicted molar refractivity (Wildman–Crippen MR) is 90.2 cm³/mol. The first-order valence-corrected chi connectivity index (χ1v) is 8.41. The van der Waals surface area contributed by atoms with Gasteiger partial charge in [-0.1, -0.05) is 0 Å². The van der Waals surface area contributed by atoms with Gasteiger partial charge in [-0.3, -0.25) is 4.79 Å². The second-order valence-electron chi connectivity index (χ2n) is 4.84. The van der Waals surface area contributed by atoms with E-state index < -0.39 is 21.7 Å². The van der Waals surface area contributed by atoms with Crippen LogP contribution in [0.25, 0.3) is 0 Å². The molecule has 0 aliphatic rings. The number of anilines is 2. The van der Waals surface area contributed by atoms with Gasteiger partial charge in [-0.2, -0.15) is 5.26 Å². The Morgan fingerprint density at radius 3 is 2.16 bits per heavy atom. The van der Waals surface area contributed by atoms with E-state index in [-0.39, 0.29) is 10.5 Å². The van der Waals surface area contributed by atoms with Crippen molar-refractivity contribution in [3.63, 3.8) is 0 Å². The Hall–Kier alpha value is -3.22. The number of nitrogens with two attached hydrogens (primary N) is 1. The van der Waals surface area contributed by atoms with Crippen LogP contribution >= 0.6 is 0 Å². The van der Waals surface area contributed by atoms with E-state index in [0.29, 0.717) is 11.4 Å². The van der Waals surface area contributed by atoms with Crippen LogP contribution in [0.2, 0.25) is 0 Å². The Morgan fingerprint density at radius 2 is 1.64 bits per heavy atom. The molecule has 0 aliphatic carbocycles. The number of nitrogens with zero attached hydrogens (tertiary/aromatic N) is 1. The van der Waals surface area contributed by atoms with Crippen LogP contribution in [-0.2, 0) is 14.8 Å². The molecule has 0 spiro atoms. The number of benzene rings is 2. The Balaban J connectivity index is 2.08. The number of amides is 1. The first kappa shape index (κ1) is 18.1. The van der Waals surface area contributed by atoms with Gasteiger partial charge in [-0.05, 0) is 48.5 Å². The lowest BCUT2D eigenvalue weighted by atomic mass is 10.2. The van der Waals surface area contributed by atoms with Gasteiger partial charge in [-0.25, -0.2) is 17.9 Å². The van der Waals surface area contributed by atoms with Crippen molar-refractivity contribution in [2.75, 3.05) is 10.6 Å². The molecule has 0 heterocycles. The molecule has 0 bridgehead atoms. The van der Waals surface area contributed by atoms with Crippen molar-refractivity contribution in [2.45, 2.75) is 4.90 Å². The summed E-state index contributed by atoms with van der Waals surface area (Å²) in [5, 5.41) is 19.2. The molecule has 0 aromatic heterocycles. The molecule has 4 N–H and O–H groups in total. The molecule has 128 valence electrons. The maximum absolute atomic E-state index is 12.8. The van der Waals surface area contributed by atoms with Crippen LogP contribution in [-0.4, -0.2) is 14.3 Å². The van der Waals surface area contributed by atoms with Gasteiger partial charge in [0.2, 0.25) is 10.0 Å². The molecular formula is C16H13FN4O3S. The van der Waals surface area contributed by atoms with Crippen LogP contribution in [0.5, 0.6) is 0 Å². The molecule has 0 aliphatic heterocycles. The van der Waals surface area contributed by atoms with Gasteiger partial charge in [0.15, 0.2) is 0 Å². The second kappa shape index (κ2) is 7.57. The van der Waals surface area contributed by atoms with Gasteiger partial charge in [-0.15, -0.1) is 0 Å². The summed E-state index contributed by atoms with van der Waals surface area (Å²) in [6.45, 7) is 0. The van der Waals surface area contributed by atoms with Gasteiger partial charge in [0, 0.05) is 17.6 Å². The summed E-state index contributed by atoms with van der Waals surface area (Å²) >= 11 is 0. The fraction of sp³-hybridized carbons (Fsp3) is 0. The summed E-state index contributed by atoms with van der Waals surface area (Å²) in [7, 11) is -3.79. The van der Waals surface area contributed by atoms with E-state index in [1.54, 1.807) is 6.07 Å². The average molecular weight is 360 g/mol. The van der Waals surface area contributed by atoms with Crippen molar-refractivity contribution in [3.05, 3.63) is 66.1 Å². The molecule has 7 nitrogen and oxygen atoms in total. The Bertz CT molecular complexity index is 946. The van der Waals surface area contributed by atoms with E-state index in [1.165, 1.54) is 54.7 Å². The van der Waals surface area contributed by atoms with Crippen LogP contribution in [0, 0.1) is 17.1 Å². The van der Waals surface area contributed by atoms with Gasteiger partial charge in [0.25, 0.3) is 5.91 Å². The predicted octanol–water partition coefficient (Wildman–Crippen LogP) is 1.93. The van der Waals surface area contributed by atoms with Crippen LogP contribution < -0.4 is 15.8 Å². The molecule has 2 aromatic rings. The van der Waals surface area contributed by atoms with E-state index in [4.69, 9.17) is 10.4 Å². The molecule has 0 unspecified atom stereocenters. The second-order valence-corrected chi connectivity index (χ2v) is 6.41. The summed E-state index contributed by atoms with van der Waals surface area (Å²) < 4.78 is 35.2. The highest BCUT2D eigenvalue weighted by Gasteiger charge is 2.10. The fourth-order valence-corrected chi connectivity index (χ4v) is 2.29. The summed E-state index contributed by atoms with van der Waals surface area (Å²) in [5.74, 6) is -1.12. The SMILES string of the molecule is N#C/C(=C/Nc1ccc(S(N)(=O)=O)cc1)C(=O)Nc1ccc(F)cc1. The van der Waals surface area contributed by atoms with Crippen molar-refractivity contribution >= 4 is 27.3 Å². The van der Waals surface area contributed by atoms with Crippen molar-refractivity contribution in [1.82, 2.24) is 0 Å². The topological polar surface area (TPSA) is 125 Å². The molecule has 0 saturated carbocycles. The number of hydrogen-bond acceptors (Lipinski definition) is 5. The van der Waals surface area contributed by atoms with Crippen LogP contribution in [0.4, 0.5) is 15.8 Å². The monoisotopic (exact) mass is 360 g/mol. The number of hydrogen-bond donors (Lipinski definition) is 3. The highest BCUT2D eigenvalue weighted by Crippen LogP contribution is 2.14. The zero-order valence-corrected chi connectivity index (χ0v) is 13.5. The lowest BCUT2D eigenvalue weighted by molar-refractivity contribution is -0.112. The number of primary sulfonamides is 1. The standard InChI is InChI=1S/C16H13FN4O3S/c17-12-1-3-14(4-2-12)21-16(22)11(9-18)10-20-13-5-7-15(8-6-13)25(19,23)24/h1-8,10,20H,(H,21,22)(H2,19,23,24)/b11-10-. The largest absolute Gasteiger partial charge is 0.360 e. The zero-order chi connectivity index (χ0) is 18.4. The van der Waals surface area contributed by atoms with Crippen LogP contribution in [0.3, 0.4) is 0 Å². The third kappa shape index (κ3) is 5.13. The molecule has 9 heteroatoms. The van der Waals surface area contributed by atoms with E-state index in [2.05, 4.69) is 10.6 Å². The number of nitrogens with one attached hydrogen (secondary N) is 2. The third-order valence-electron chi connectivity index (χ3n) is 3.03. The number of carbonyl (C=O) groups excluding carboxylic acids is 1. The van der Waals surface area contributed by atoms with E-state index in [0.717, 1.165) is 0 Å².